The smallest absolute Gasteiger partial charge is 0.351 e. The maximum atomic E-state index is 12.5. The normalized spacial score (nSPS) is 11.9. The molecular formula is C12H10F3NO. The Morgan fingerprint density at radius 1 is 1.29 bits per heavy atom. The predicted molar refractivity (Wildman–Crippen MR) is 57.7 cm³/mol. The average molecular weight is 241 g/mol. The van der Waals surface area contributed by atoms with Gasteiger partial charge in [0.1, 0.15) is 12.0 Å². The van der Waals surface area contributed by atoms with Gasteiger partial charge in [-0.25, -0.2) is 0 Å². The summed E-state index contributed by atoms with van der Waals surface area (Å²) >= 11 is 0. The number of alkyl halides is 3. The van der Waals surface area contributed by atoms with E-state index in [9.17, 15) is 18.0 Å². The van der Waals surface area contributed by atoms with E-state index in [0.29, 0.717) is 23.7 Å². The molecular weight excluding hydrogens is 231 g/mol. The van der Waals surface area contributed by atoms with E-state index in [1.807, 2.05) is 0 Å². The summed E-state index contributed by atoms with van der Waals surface area (Å²) in [6.07, 6.45) is -2.85. The average Bonchev–Trinajstić information content (AvgIpc) is 2.70. The first kappa shape index (κ1) is 11.7. The van der Waals surface area contributed by atoms with Crippen LogP contribution in [0.2, 0.25) is 0 Å². The summed E-state index contributed by atoms with van der Waals surface area (Å²) in [5.41, 5.74) is 0.438. The Morgan fingerprint density at radius 3 is 2.71 bits per heavy atom. The van der Waals surface area contributed by atoms with E-state index in [1.165, 1.54) is 0 Å². The number of aryl methyl sites for hydroxylation is 1. The zero-order valence-corrected chi connectivity index (χ0v) is 8.84. The summed E-state index contributed by atoms with van der Waals surface area (Å²) in [4.78, 5) is 12.6. The molecule has 2 nitrogen and oxygen atoms in total. The maximum absolute atomic E-state index is 12.5. The van der Waals surface area contributed by atoms with E-state index < -0.39 is 11.9 Å². The molecule has 0 aliphatic heterocycles. The second kappa shape index (κ2) is 4.24. The topological polar surface area (TPSA) is 32.9 Å². The molecule has 0 amide bonds. The van der Waals surface area contributed by atoms with Gasteiger partial charge in [0.15, 0.2) is 0 Å². The third kappa shape index (κ3) is 2.33. The number of hydrogen-bond acceptors (Lipinski definition) is 1. The van der Waals surface area contributed by atoms with Crippen molar-refractivity contribution in [2.75, 3.05) is 0 Å². The molecule has 0 radical (unpaired) electrons. The van der Waals surface area contributed by atoms with Gasteiger partial charge in [0.2, 0.25) is 0 Å². The molecule has 0 bridgehead atoms. The number of fused-ring (bicyclic) bond motifs is 1. The lowest BCUT2D eigenvalue weighted by Crippen LogP contribution is -2.04. The Labute approximate surface area is 95.4 Å². The Kier molecular flexibility index (Phi) is 2.92. The molecule has 0 spiro atoms. The fraction of sp³-hybridized carbons (Fsp3) is 0.250. The van der Waals surface area contributed by atoms with Crippen molar-refractivity contribution in [2.24, 2.45) is 0 Å². The van der Waals surface area contributed by atoms with Crippen LogP contribution in [0.15, 0.2) is 24.3 Å². The number of aromatic amines is 1. The minimum Gasteiger partial charge on any atom is -0.351 e. The third-order valence-corrected chi connectivity index (χ3v) is 2.59. The van der Waals surface area contributed by atoms with Crippen molar-refractivity contribution in [1.29, 1.82) is 0 Å². The number of H-pyrrole nitrogens is 1. The monoisotopic (exact) mass is 241 g/mol. The number of carbonyl (C=O) groups is 1. The lowest BCUT2D eigenvalue weighted by atomic mass is 10.1. The molecule has 5 heteroatoms. The summed E-state index contributed by atoms with van der Waals surface area (Å²) in [6, 6.07) is 6.10. The minimum atomic E-state index is -4.37. The largest absolute Gasteiger partial charge is 0.431 e. The van der Waals surface area contributed by atoms with Gasteiger partial charge in [-0.3, -0.25) is 0 Å². The van der Waals surface area contributed by atoms with Crippen molar-refractivity contribution in [2.45, 2.75) is 19.0 Å². The van der Waals surface area contributed by atoms with Crippen LogP contribution in [0, 0.1) is 0 Å². The quantitative estimate of drug-likeness (QED) is 0.821. The van der Waals surface area contributed by atoms with Crippen molar-refractivity contribution < 1.29 is 18.0 Å². The number of benzene rings is 1. The molecule has 1 heterocycles. The molecule has 90 valence electrons. The molecule has 0 saturated carbocycles. The van der Waals surface area contributed by atoms with Crippen molar-refractivity contribution in [3.05, 3.63) is 35.5 Å². The summed E-state index contributed by atoms with van der Waals surface area (Å²) in [7, 11) is 0. The van der Waals surface area contributed by atoms with Crippen LogP contribution < -0.4 is 0 Å². The van der Waals surface area contributed by atoms with Gasteiger partial charge < -0.3 is 9.78 Å². The van der Waals surface area contributed by atoms with E-state index in [4.69, 9.17) is 0 Å². The second-order valence-corrected chi connectivity index (χ2v) is 3.76. The maximum Gasteiger partial charge on any atom is 0.431 e. The molecule has 1 N–H and O–H groups in total. The zero-order chi connectivity index (χ0) is 12.5. The molecule has 0 aliphatic carbocycles. The highest BCUT2D eigenvalue weighted by Crippen LogP contribution is 2.32. The fourth-order valence-electron chi connectivity index (χ4n) is 1.80. The van der Waals surface area contributed by atoms with Crippen molar-refractivity contribution in [3.8, 4) is 0 Å². The molecule has 0 fully saturated rings. The molecule has 2 rings (SSSR count). The van der Waals surface area contributed by atoms with Gasteiger partial charge in [-0.05, 0) is 24.1 Å². The van der Waals surface area contributed by atoms with Gasteiger partial charge in [0, 0.05) is 17.3 Å². The number of hydrogen-bond donors (Lipinski definition) is 1. The molecule has 2 aromatic rings. The molecule has 0 atom stereocenters. The summed E-state index contributed by atoms with van der Waals surface area (Å²) < 4.78 is 37.6. The number of aromatic nitrogens is 1. The van der Waals surface area contributed by atoms with Crippen molar-refractivity contribution in [3.63, 3.8) is 0 Å². The first-order valence-corrected chi connectivity index (χ1v) is 5.14. The Hall–Kier alpha value is -1.78. The fourth-order valence-corrected chi connectivity index (χ4v) is 1.80. The van der Waals surface area contributed by atoms with Crippen LogP contribution in [0.4, 0.5) is 13.2 Å². The van der Waals surface area contributed by atoms with Crippen LogP contribution in [0.5, 0.6) is 0 Å². The Morgan fingerprint density at radius 2 is 2.06 bits per heavy atom. The van der Waals surface area contributed by atoms with Crippen LogP contribution in [0.1, 0.15) is 17.7 Å². The lowest BCUT2D eigenvalue weighted by Gasteiger charge is -2.00. The summed E-state index contributed by atoms with van der Waals surface area (Å²) in [6.45, 7) is 0. The summed E-state index contributed by atoms with van der Waals surface area (Å²) in [5, 5.41) is 0.529. The van der Waals surface area contributed by atoms with Gasteiger partial charge in [-0.1, -0.05) is 12.1 Å². The molecule has 0 saturated heterocycles. The third-order valence-electron chi connectivity index (χ3n) is 2.59. The van der Waals surface area contributed by atoms with Gasteiger partial charge >= 0.3 is 6.18 Å². The highest BCUT2D eigenvalue weighted by Gasteiger charge is 2.32. The van der Waals surface area contributed by atoms with Crippen molar-refractivity contribution in [1.82, 2.24) is 4.98 Å². The molecule has 0 unspecified atom stereocenters. The first-order valence-electron chi connectivity index (χ1n) is 5.14. The van der Waals surface area contributed by atoms with E-state index in [0.717, 1.165) is 17.9 Å². The number of halogens is 3. The van der Waals surface area contributed by atoms with Gasteiger partial charge in [0.05, 0.1) is 0 Å². The minimum absolute atomic E-state index is 0.311. The van der Waals surface area contributed by atoms with E-state index in [-0.39, 0.29) is 0 Å². The molecule has 1 aromatic heterocycles. The number of rotatable bonds is 3. The van der Waals surface area contributed by atoms with Gasteiger partial charge in [-0.2, -0.15) is 13.2 Å². The molecule has 0 aliphatic rings. The van der Waals surface area contributed by atoms with Crippen LogP contribution in [-0.4, -0.2) is 11.3 Å². The van der Waals surface area contributed by atoms with Crippen LogP contribution in [0.3, 0.4) is 0 Å². The van der Waals surface area contributed by atoms with Crippen LogP contribution >= 0.6 is 0 Å². The highest BCUT2D eigenvalue weighted by molar-refractivity contribution is 5.84. The first-order chi connectivity index (χ1) is 8.02. The lowest BCUT2D eigenvalue weighted by molar-refractivity contribution is -0.140. The number of nitrogens with one attached hydrogen (secondary N) is 1. The summed E-state index contributed by atoms with van der Waals surface area (Å²) in [5.74, 6) is 0. The standard InChI is InChI=1S/C12H10F3NO/c13-12(14,15)11-7-9-8(4-2-6-17)3-1-5-10(9)16-11/h1,3,5-7,16H,2,4H2. The molecule has 1 aromatic carbocycles. The Balaban J connectivity index is 2.49. The van der Waals surface area contributed by atoms with E-state index in [2.05, 4.69) is 4.98 Å². The Bertz CT molecular complexity index is 542. The van der Waals surface area contributed by atoms with Gasteiger partial charge in [0.25, 0.3) is 0 Å². The number of aldehydes is 1. The van der Waals surface area contributed by atoms with Crippen LogP contribution in [-0.2, 0) is 17.4 Å². The van der Waals surface area contributed by atoms with Crippen LogP contribution in [0.25, 0.3) is 10.9 Å². The molecule has 17 heavy (non-hydrogen) atoms. The van der Waals surface area contributed by atoms with E-state index in [1.54, 1.807) is 18.2 Å². The zero-order valence-electron chi connectivity index (χ0n) is 8.84. The highest BCUT2D eigenvalue weighted by atomic mass is 19.4. The number of carbonyl (C=O) groups excluding carboxylic acids is 1. The van der Waals surface area contributed by atoms with Crippen molar-refractivity contribution >= 4 is 17.2 Å². The second-order valence-electron chi connectivity index (χ2n) is 3.76. The van der Waals surface area contributed by atoms with E-state index >= 15 is 0 Å². The van der Waals surface area contributed by atoms with Gasteiger partial charge in [-0.15, -0.1) is 0 Å². The SMILES string of the molecule is O=CCCc1cccc2[nH]c(C(F)(F)F)cc12. The predicted octanol–water partition coefficient (Wildman–Crippen LogP) is 3.32.